The molecule has 0 unspecified atom stereocenters. The topological polar surface area (TPSA) is 58.2 Å². The monoisotopic (exact) mass is 428 g/mol. The smallest absolute Gasteiger partial charge is 0.231 e. The van der Waals surface area contributed by atoms with Gasteiger partial charge in [-0.05, 0) is 35.4 Å². The van der Waals surface area contributed by atoms with Crippen molar-refractivity contribution in [3.05, 3.63) is 69.7 Å². The van der Waals surface area contributed by atoms with Crippen LogP contribution in [0.15, 0.2) is 48.5 Å². The predicted molar refractivity (Wildman–Crippen MR) is 112 cm³/mol. The summed E-state index contributed by atoms with van der Waals surface area (Å²) in [7, 11) is 2.71. The molecule has 2 amide bonds. The highest BCUT2D eigenvalue weighted by molar-refractivity contribution is 8.77. The molecule has 138 valence electrons. The van der Waals surface area contributed by atoms with Gasteiger partial charge in [-0.25, -0.2) is 0 Å². The third kappa shape index (κ3) is 8.36. The molecule has 0 aliphatic heterocycles. The van der Waals surface area contributed by atoms with E-state index in [9.17, 15) is 9.59 Å². The molecule has 0 spiro atoms. The van der Waals surface area contributed by atoms with Crippen molar-refractivity contribution in [2.45, 2.75) is 13.1 Å². The molecule has 26 heavy (non-hydrogen) atoms. The Morgan fingerprint density at radius 1 is 0.692 bits per heavy atom. The first-order chi connectivity index (χ1) is 12.5. The summed E-state index contributed by atoms with van der Waals surface area (Å²) >= 11 is 11.6. The van der Waals surface area contributed by atoms with Crippen LogP contribution in [-0.2, 0) is 22.7 Å². The number of hydrogen-bond acceptors (Lipinski definition) is 4. The average Bonchev–Trinajstić information content (AvgIpc) is 2.64. The number of amides is 2. The van der Waals surface area contributed by atoms with E-state index < -0.39 is 0 Å². The SMILES string of the molecule is O=C(CSSCC(=O)NCc1ccc(Cl)cc1)NCc1ccc(Cl)cc1. The molecule has 0 bridgehead atoms. The summed E-state index contributed by atoms with van der Waals surface area (Å²) in [5, 5.41) is 7.00. The second-order valence-electron chi connectivity index (χ2n) is 5.33. The van der Waals surface area contributed by atoms with Gasteiger partial charge in [-0.2, -0.15) is 0 Å². The highest BCUT2D eigenvalue weighted by Crippen LogP contribution is 2.20. The fraction of sp³-hybridized carbons (Fsp3) is 0.222. The van der Waals surface area contributed by atoms with Gasteiger partial charge in [0.15, 0.2) is 0 Å². The lowest BCUT2D eigenvalue weighted by Gasteiger charge is -2.06. The van der Waals surface area contributed by atoms with Gasteiger partial charge in [0.1, 0.15) is 0 Å². The molecule has 0 saturated heterocycles. The molecule has 0 fully saturated rings. The molecule has 0 radical (unpaired) electrons. The van der Waals surface area contributed by atoms with Crippen LogP contribution < -0.4 is 10.6 Å². The minimum atomic E-state index is -0.0703. The molecule has 0 saturated carbocycles. The molecular formula is C18H18Cl2N2O2S2. The Kier molecular flexibility index (Phi) is 9.18. The van der Waals surface area contributed by atoms with Crippen molar-refractivity contribution in [3.8, 4) is 0 Å². The van der Waals surface area contributed by atoms with Gasteiger partial charge < -0.3 is 10.6 Å². The Morgan fingerprint density at radius 3 is 1.38 bits per heavy atom. The van der Waals surface area contributed by atoms with Crippen molar-refractivity contribution in [2.75, 3.05) is 11.5 Å². The number of benzene rings is 2. The Labute approximate surface area is 170 Å². The van der Waals surface area contributed by atoms with Crippen LogP contribution in [0.3, 0.4) is 0 Å². The zero-order valence-electron chi connectivity index (χ0n) is 13.8. The zero-order valence-corrected chi connectivity index (χ0v) is 17.0. The summed E-state index contributed by atoms with van der Waals surface area (Å²) in [5.74, 6) is 0.448. The van der Waals surface area contributed by atoms with Gasteiger partial charge in [0, 0.05) is 23.1 Å². The van der Waals surface area contributed by atoms with Crippen molar-refractivity contribution in [3.63, 3.8) is 0 Å². The summed E-state index contributed by atoms with van der Waals surface area (Å²) in [6, 6.07) is 14.6. The maximum atomic E-state index is 11.8. The molecule has 4 nitrogen and oxygen atoms in total. The maximum Gasteiger partial charge on any atom is 0.231 e. The second-order valence-corrected chi connectivity index (χ2v) is 8.67. The summed E-state index contributed by atoms with van der Waals surface area (Å²) in [5.41, 5.74) is 1.98. The average molecular weight is 429 g/mol. The third-order valence-electron chi connectivity index (χ3n) is 3.27. The lowest BCUT2D eigenvalue weighted by atomic mass is 10.2. The van der Waals surface area contributed by atoms with Gasteiger partial charge in [0.05, 0.1) is 11.5 Å². The highest BCUT2D eigenvalue weighted by atomic mass is 35.5. The quantitative estimate of drug-likeness (QED) is 0.461. The van der Waals surface area contributed by atoms with Crippen molar-refractivity contribution in [1.29, 1.82) is 0 Å². The van der Waals surface area contributed by atoms with Gasteiger partial charge in [-0.3, -0.25) is 9.59 Å². The van der Waals surface area contributed by atoms with Crippen molar-refractivity contribution >= 4 is 56.6 Å². The number of carbonyl (C=O) groups is 2. The fourth-order valence-electron chi connectivity index (χ4n) is 1.90. The van der Waals surface area contributed by atoms with Crippen LogP contribution in [0.4, 0.5) is 0 Å². The lowest BCUT2D eigenvalue weighted by molar-refractivity contribution is -0.119. The first kappa shape index (κ1) is 21.0. The van der Waals surface area contributed by atoms with Crippen molar-refractivity contribution in [2.24, 2.45) is 0 Å². The summed E-state index contributed by atoms with van der Waals surface area (Å²) in [6.45, 7) is 0.922. The van der Waals surface area contributed by atoms with Crippen LogP contribution in [0, 0.1) is 0 Å². The van der Waals surface area contributed by atoms with E-state index in [-0.39, 0.29) is 11.8 Å². The lowest BCUT2D eigenvalue weighted by Crippen LogP contribution is -2.25. The number of nitrogens with one attached hydrogen (secondary N) is 2. The van der Waals surface area contributed by atoms with E-state index in [2.05, 4.69) is 10.6 Å². The molecule has 2 aromatic rings. The molecule has 0 aliphatic rings. The zero-order chi connectivity index (χ0) is 18.8. The van der Waals surface area contributed by atoms with E-state index >= 15 is 0 Å². The largest absolute Gasteiger partial charge is 0.351 e. The highest BCUT2D eigenvalue weighted by Gasteiger charge is 2.05. The van der Waals surface area contributed by atoms with Crippen LogP contribution in [0.2, 0.25) is 10.0 Å². The fourth-order valence-corrected chi connectivity index (χ4v) is 3.88. The van der Waals surface area contributed by atoms with Crippen LogP contribution in [0.5, 0.6) is 0 Å². The molecule has 0 aliphatic carbocycles. The van der Waals surface area contributed by atoms with Crippen LogP contribution in [-0.4, -0.2) is 23.3 Å². The number of hydrogen-bond donors (Lipinski definition) is 2. The first-order valence-corrected chi connectivity index (χ1v) is 11.0. The summed E-state index contributed by atoms with van der Waals surface area (Å²) < 4.78 is 0. The number of carbonyl (C=O) groups excluding carboxylic acids is 2. The Balaban J connectivity index is 1.54. The van der Waals surface area contributed by atoms with Crippen LogP contribution in [0.1, 0.15) is 11.1 Å². The van der Waals surface area contributed by atoms with E-state index in [1.807, 2.05) is 24.3 Å². The Morgan fingerprint density at radius 2 is 1.04 bits per heavy atom. The normalized spacial score (nSPS) is 10.4. The molecule has 2 rings (SSSR count). The van der Waals surface area contributed by atoms with Crippen molar-refractivity contribution in [1.82, 2.24) is 10.6 Å². The molecule has 0 aromatic heterocycles. The number of rotatable bonds is 9. The van der Waals surface area contributed by atoms with E-state index in [1.165, 1.54) is 21.6 Å². The van der Waals surface area contributed by atoms with E-state index in [1.54, 1.807) is 24.3 Å². The van der Waals surface area contributed by atoms with Crippen LogP contribution in [0.25, 0.3) is 0 Å². The molecule has 0 atom stereocenters. The minimum absolute atomic E-state index is 0.0703. The van der Waals surface area contributed by atoms with Gasteiger partial charge >= 0.3 is 0 Å². The summed E-state index contributed by atoms with van der Waals surface area (Å²) in [6.07, 6.45) is 0. The predicted octanol–water partition coefficient (Wildman–Crippen LogP) is 4.31. The van der Waals surface area contributed by atoms with Gasteiger partial charge in [-0.15, -0.1) is 0 Å². The van der Waals surface area contributed by atoms with Gasteiger partial charge in [0.25, 0.3) is 0 Å². The Bertz CT molecular complexity index is 661. The minimum Gasteiger partial charge on any atom is -0.351 e. The summed E-state index contributed by atoms with van der Waals surface area (Å²) in [4.78, 5) is 23.6. The third-order valence-corrected chi connectivity index (χ3v) is 5.91. The number of halogens is 2. The molecular weight excluding hydrogens is 411 g/mol. The standard InChI is InChI=1S/C18H18Cl2N2O2S2/c19-15-5-1-13(2-6-15)9-21-17(23)11-25-26-12-18(24)22-10-14-3-7-16(20)8-4-14/h1-8H,9-12H2,(H,21,23)(H,22,24). The second kappa shape index (κ2) is 11.4. The molecule has 0 heterocycles. The van der Waals surface area contributed by atoms with E-state index in [0.29, 0.717) is 34.6 Å². The molecule has 2 aromatic carbocycles. The van der Waals surface area contributed by atoms with Crippen molar-refractivity contribution < 1.29 is 9.59 Å². The van der Waals surface area contributed by atoms with Gasteiger partial charge in [0.2, 0.25) is 11.8 Å². The van der Waals surface area contributed by atoms with Crippen LogP contribution >= 0.6 is 44.8 Å². The molecule has 8 heteroatoms. The first-order valence-electron chi connectivity index (χ1n) is 7.79. The van der Waals surface area contributed by atoms with E-state index in [0.717, 1.165) is 11.1 Å². The maximum absolute atomic E-state index is 11.8. The molecule has 2 N–H and O–H groups in total. The van der Waals surface area contributed by atoms with E-state index in [4.69, 9.17) is 23.2 Å². The Hall–Kier alpha value is -1.34. The van der Waals surface area contributed by atoms with Gasteiger partial charge in [-0.1, -0.05) is 69.1 Å².